The summed E-state index contributed by atoms with van der Waals surface area (Å²) in [6, 6.07) is 1.50. The minimum Gasteiger partial charge on any atom is -0.443 e. The molecule has 1 fully saturated rings. The summed E-state index contributed by atoms with van der Waals surface area (Å²) in [5.74, 6) is 6.02. The molecule has 0 aliphatic carbocycles. The zero-order chi connectivity index (χ0) is 17.3. The third-order valence-corrected chi connectivity index (χ3v) is 3.58. The van der Waals surface area contributed by atoms with Crippen molar-refractivity contribution in [2.45, 2.75) is 44.9 Å². The predicted octanol–water partition coefficient (Wildman–Crippen LogP) is 1.64. The van der Waals surface area contributed by atoms with E-state index in [0.29, 0.717) is 18.5 Å². The van der Waals surface area contributed by atoms with Gasteiger partial charge < -0.3 is 4.74 Å². The van der Waals surface area contributed by atoms with Crippen molar-refractivity contribution in [3.63, 3.8) is 0 Å². The summed E-state index contributed by atoms with van der Waals surface area (Å²) < 4.78 is 5.30. The Morgan fingerprint density at radius 2 is 2.26 bits per heavy atom. The number of ether oxygens (including phenoxy) is 1. The van der Waals surface area contributed by atoms with Crippen LogP contribution in [-0.2, 0) is 10.4 Å². The van der Waals surface area contributed by atoms with E-state index in [1.807, 2.05) is 0 Å². The van der Waals surface area contributed by atoms with E-state index in [1.54, 1.807) is 20.8 Å². The number of nitro groups is 1. The first-order valence-electron chi connectivity index (χ1n) is 7.29. The molecule has 1 aromatic rings. The monoisotopic (exact) mass is 323 g/mol. The van der Waals surface area contributed by atoms with E-state index in [2.05, 4.69) is 10.3 Å². The molecule has 126 valence electrons. The van der Waals surface area contributed by atoms with Crippen LogP contribution in [0, 0.1) is 10.1 Å². The second-order valence-electron chi connectivity index (χ2n) is 6.39. The molecule has 3 N–H and O–H groups in total. The lowest BCUT2D eigenvalue weighted by atomic mass is 9.96. The lowest BCUT2D eigenvalue weighted by Crippen LogP contribution is -2.60. The van der Waals surface area contributed by atoms with Gasteiger partial charge in [-0.1, -0.05) is 0 Å². The Morgan fingerprint density at radius 1 is 1.57 bits per heavy atom. The second-order valence-corrected chi connectivity index (χ2v) is 6.39. The molecular weight excluding hydrogens is 302 g/mol. The Morgan fingerprint density at radius 3 is 2.78 bits per heavy atom. The number of nitrogens with one attached hydrogen (secondary N) is 1. The molecule has 1 aliphatic heterocycles. The largest absolute Gasteiger partial charge is 0.443 e. The molecule has 0 spiro atoms. The number of aromatic nitrogens is 1. The van der Waals surface area contributed by atoms with E-state index in [1.165, 1.54) is 12.3 Å². The number of rotatable bonds is 3. The third-order valence-electron chi connectivity index (χ3n) is 3.58. The minimum absolute atomic E-state index is 0.194. The maximum absolute atomic E-state index is 12.4. The molecule has 9 heteroatoms. The van der Waals surface area contributed by atoms with Gasteiger partial charge in [-0.05, 0) is 46.2 Å². The summed E-state index contributed by atoms with van der Waals surface area (Å²) in [6.07, 6.45) is 2.99. The van der Waals surface area contributed by atoms with Crippen molar-refractivity contribution in [2.24, 2.45) is 5.84 Å². The van der Waals surface area contributed by atoms with E-state index < -0.39 is 22.3 Å². The fraction of sp³-hybridized carbons (Fsp3) is 0.571. The molecule has 23 heavy (non-hydrogen) atoms. The highest BCUT2D eigenvalue weighted by molar-refractivity contribution is 5.69. The normalized spacial score (nSPS) is 21.0. The molecule has 1 amide bonds. The number of pyridine rings is 1. The van der Waals surface area contributed by atoms with Gasteiger partial charge in [0.05, 0.1) is 10.5 Å². The first kappa shape index (κ1) is 17.1. The smallest absolute Gasteiger partial charge is 0.426 e. The minimum atomic E-state index is -1.19. The molecule has 1 atom stereocenters. The molecule has 0 bridgehead atoms. The molecule has 1 unspecified atom stereocenters. The standard InChI is InChI=1S/C14H21N5O4/c1-13(2,3)23-12(20)18(15)14(6-4-7-17-14)10-5-8-16-9-11(10)19(21)22/h5,8-9,17H,4,6-7,15H2,1-3H3. The lowest BCUT2D eigenvalue weighted by molar-refractivity contribution is -0.386. The van der Waals surface area contributed by atoms with Crippen LogP contribution in [0.3, 0.4) is 0 Å². The van der Waals surface area contributed by atoms with Crippen LogP contribution in [0.1, 0.15) is 39.2 Å². The second kappa shape index (κ2) is 6.09. The Labute approximate surface area is 133 Å². The number of hydrogen-bond acceptors (Lipinski definition) is 7. The van der Waals surface area contributed by atoms with E-state index in [-0.39, 0.29) is 5.69 Å². The van der Waals surface area contributed by atoms with Gasteiger partial charge in [0.15, 0.2) is 0 Å². The van der Waals surface area contributed by atoms with Gasteiger partial charge in [-0.15, -0.1) is 0 Å². The molecule has 0 saturated carbocycles. The molecule has 9 nitrogen and oxygen atoms in total. The van der Waals surface area contributed by atoms with Crippen molar-refractivity contribution in [3.05, 3.63) is 34.1 Å². The summed E-state index contributed by atoms with van der Waals surface area (Å²) in [7, 11) is 0. The van der Waals surface area contributed by atoms with E-state index >= 15 is 0 Å². The van der Waals surface area contributed by atoms with Gasteiger partial charge in [-0.25, -0.2) is 15.6 Å². The van der Waals surface area contributed by atoms with E-state index in [9.17, 15) is 14.9 Å². The zero-order valence-electron chi connectivity index (χ0n) is 13.4. The topological polar surface area (TPSA) is 124 Å². The van der Waals surface area contributed by atoms with Crippen LogP contribution in [0.25, 0.3) is 0 Å². The van der Waals surface area contributed by atoms with Crippen LogP contribution >= 0.6 is 0 Å². The highest BCUT2D eigenvalue weighted by Gasteiger charge is 2.47. The SMILES string of the molecule is CC(C)(C)OC(=O)N(N)C1(c2ccncc2[N+](=O)[O-])CCCN1. The summed E-state index contributed by atoms with van der Waals surface area (Å²) >= 11 is 0. The van der Waals surface area contributed by atoms with Crippen molar-refractivity contribution in [3.8, 4) is 0 Å². The van der Waals surface area contributed by atoms with Crippen molar-refractivity contribution in [1.29, 1.82) is 0 Å². The van der Waals surface area contributed by atoms with Gasteiger partial charge >= 0.3 is 6.09 Å². The van der Waals surface area contributed by atoms with E-state index in [4.69, 9.17) is 10.6 Å². The fourth-order valence-electron chi connectivity index (χ4n) is 2.64. The quantitative estimate of drug-likeness (QED) is 0.375. The first-order valence-corrected chi connectivity index (χ1v) is 7.29. The molecule has 1 aliphatic rings. The van der Waals surface area contributed by atoms with Crippen LogP contribution in [0.2, 0.25) is 0 Å². The summed E-state index contributed by atoms with van der Waals surface area (Å²) in [4.78, 5) is 26.9. The van der Waals surface area contributed by atoms with Crippen molar-refractivity contribution < 1.29 is 14.5 Å². The molecule has 0 radical (unpaired) electrons. The molecule has 2 rings (SSSR count). The van der Waals surface area contributed by atoms with Crippen LogP contribution < -0.4 is 11.2 Å². The summed E-state index contributed by atoms with van der Waals surface area (Å²) in [6.45, 7) is 5.75. The number of hydrogen-bond donors (Lipinski definition) is 2. The number of carbonyl (C=O) groups excluding carboxylic acids is 1. The Hall–Kier alpha value is -2.26. The van der Waals surface area contributed by atoms with Gasteiger partial charge in [0.25, 0.3) is 5.69 Å². The van der Waals surface area contributed by atoms with Crippen LogP contribution in [-0.4, -0.2) is 33.2 Å². The maximum atomic E-state index is 12.4. The molecule has 2 heterocycles. The average molecular weight is 323 g/mol. The van der Waals surface area contributed by atoms with Crippen LogP contribution in [0.4, 0.5) is 10.5 Å². The molecule has 0 aromatic carbocycles. The van der Waals surface area contributed by atoms with Gasteiger partial charge in [0.1, 0.15) is 17.5 Å². The molecule has 1 aromatic heterocycles. The number of nitrogens with two attached hydrogens (primary N) is 1. The van der Waals surface area contributed by atoms with Gasteiger partial charge in [0.2, 0.25) is 0 Å². The van der Waals surface area contributed by atoms with Crippen LogP contribution in [0.5, 0.6) is 0 Å². The fourth-order valence-corrected chi connectivity index (χ4v) is 2.64. The average Bonchev–Trinajstić information content (AvgIpc) is 2.95. The van der Waals surface area contributed by atoms with Gasteiger partial charge in [-0.3, -0.25) is 20.4 Å². The van der Waals surface area contributed by atoms with Crippen molar-refractivity contribution in [2.75, 3.05) is 6.54 Å². The first-order chi connectivity index (χ1) is 10.7. The Kier molecular flexibility index (Phi) is 4.53. The summed E-state index contributed by atoms with van der Waals surface area (Å²) in [5.41, 5.74) is -1.81. The summed E-state index contributed by atoms with van der Waals surface area (Å²) in [5, 5.41) is 15.3. The Balaban J connectivity index is 2.45. The molecular formula is C14H21N5O4. The lowest BCUT2D eigenvalue weighted by Gasteiger charge is -2.38. The number of hydrazine groups is 1. The maximum Gasteiger partial charge on any atom is 0.426 e. The highest BCUT2D eigenvalue weighted by Crippen LogP contribution is 2.38. The molecule has 1 saturated heterocycles. The van der Waals surface area contributed by atoms with Gasteiger partial charge in [-0.2, -0.15) is 0 Å². The number of amides is 1. The van der Waals surface area contributed by atoms with E-state index in [0.717, 1.165) is 17.6 Å². The predicted molar refractivity (Wildman–Crippen MR) is 82.1 cm³/mol. The van der Waals surface area contributed by atoms with Gasteiger partial charge in [0, 0.05) is 6.20 Å². The number of nitrogens with zero attached hydrogens (tertiary/aromatic N) is 3. The third kappa shape index (κ3) is 3.40. The highest BCUT2D eigenvalue weighted by atomic mass is 16.6. The number of carbonyl (C=O) groups is 1. The zero-order valence-corrected chi connectivity index (χ0v) is 13.4. The van der Waals surface area contributed by atoms with Crippen LogP contribution in [0.15, 0.2) is 18.5 Å². The van der Waals surface area contributed by atoms with Crippen molar-refractivity contribution >= 4 is 11.8 Å². The Bertz CT molecular complexity index is 607. The van der Waals surface area contributed by atoms with Crippen molar-refractivity contribution in [1.82, 2.24) is 15.3 Å².